The van der Waals surface area contributed by atoms with Crippen LogP contribution in [0, 0.1) is 5.82 Å². The van der Waals surface area contributed by atoms with Gasteiger partial charge >= 0.3 is 6.18 Å². The van der Waals surface area contributed by atoms with Crippen molar-refractivity contribution in [3.63, 3.8) is 0 Å². The summed E-state index contributed by atoms with van der Waals surface area (Å²) in [6, 6.07) is 9.11. The molecule has 1 amide bonds. The molecule has 3 aromatic rings. The van der Waals surface area contributed by atoms with Gasteiger partial charge in [0.25, 0.3) is 5.91 Å². The van der Waals surface area contributed by atoms with Crippen molar-refractivity contribution >= 4 is 15.9 Å². The lowest BCUT2D eigenvalue weighted by molar-refractivity contribution is -0.143. The van der Waals surface area contributed by atoms with E-state index >= 15 is 0 Å². The van der Waals surface area contributed by atoms with E-state index < -0.39 is 39.3 Å². The molecule has 0 aliphatic rings. The Morgan fingerprint density at radius 1 is 1.07 bits per heavy atom. The second kappa shape index (κ2) is 7.84. The Labute approximate surface area is 167 Å². The fourth-order valence-electron chi connectivity index (χ4n) is 2.52. The van der Waals surface area contributed by atoms with Gasteiger partial charge in [0.1, 0.15) is 5.82 Å². The van der Waals surface area contributed by atoms with E-state index in [0.717, 1.165) is 24.3 Å². The van der Waals surface area contributed by atoms with Gasteiger partial charge in [-0.1, -0.05) is 17.3 Å². The molecule has 0 radical (unpaired) electrons. The fraction of sp³-hybridized carbons (Fsp3) is 0.118. The van der Waals surface area contributed by atoms with Crippen LogP contribution in [0.3, 0.4) is 0 Å². The Balaban J connectivity index is 1.84. The molecule has 0 aliphatic heterocycles. The minimum atomic E-state index is -4.97. The van der Waals surface area contributed by atoms with E-state index in [1.165, 1.54) is 24.3 Å². The summed E-state index contributed by atoms with van der Waals surface area (Å²) in [5, 5.41) is 14.0. The molecular formula is C17H13F4N5O3S. The number of sulfonamides is 1. The number of hydrogen-bond donors (Lipinski definition) is 2. The van der Waals surface area contributed by atoms with Crippen molar-refractivity contribution < 1.29 is 30.8 Å². The zero-order valence-electron chi connectivity index (χ0n) is 14.9. The molecule has 0 spiro atoms. The molecule has 3 N–H and O–H groups in total. The van der Waals surface area contributed by atoms with Crippen molar-refractivity contribution in [1.29, 1.82) is 0 Å². The average molecular weight is 443 g/mol. The first-order chi connectivity index (χ1) is 14.0. The van der Waals surface area contributed by atoms with Gasteiger partial charge in [-0.05, 0) is 42.0 Å². The number of nitrogens with zero attached hydrogens (tertiary/aromatic N) is 3. The highest BCUT2D eigenvalue weighted by Crippen LogP contribution is 2.32. The maximum atomic E-state index is 13.6. The van der Waals surface area contributed by atoms with Crippen LogP contribution < -0.4 is 10.5 Å². The summed E-state index contributed by atoms with van der Waals surface area (Å²) in [4.78, 5) is 12.2. The molecule has 0 atom stereocenters. The van der Waals surface area contributed by atoms with Gasteiger partial charge in [0.2, 0.25) is 10.0 Å². The molecule has 1 heterocycles. The highest BCUT2D eigenvalue weighted by molar-refractivity contribution is 7.89. The van der Waals surface area contributed by atoms with E-state index in [1.54, 1.807) is 0 Å². The number of carbonyl (C=O) groups excluding carboxylic acids is 1. The van der Waals surface area contributed by atoms with Crippen LogP contribution in [0.2, 0.25) is 0 Å². The minimum absolute atomic E-state index is 0.131. The number of hydrogen-bond acceptors (Lipinski definition) is 5. The summed E-state index contributed by atoms with van der Waals surface area (Å²) >= 11 is 0. The van der Waals surface area contributed by atoms with E-state index in [2.05, 4.69) is 15.6 Å². The number of rotatable bonds is 5. The van der Waals surface area contributed by atoms with Gasteiger partial charge in [-0.3, -0.25) is 4.79 Å². The van der Waals surface area contributed by atoms with E-state index in [4.69, 9.17) is 5.14 Å². The molecular weight excluding hydrogens is 430 g/mol. The smallest absolute Gasteiger partial charge is 0.346 e. The summed E-state index contributed by atoms with van der Waals surface area (Å²) in [6.07, 6.45) is -4.97. The lowest BCUT2D eigenvalue weighted by Gasteiger charge is -2.11. The number of amides is 1. The number of primary sulfonamides is 1. The van der Waals surface area contributed by atoms with Crippen LogP contribution in [0.5, 0.6) is 0 Å². The summed E-state index contributed by atoms with van der Waals surface area (Å²) in [5.41, 5.74) is -2.10. The lowest BCUT2D eigenvalue weighted by atomic mass is 10.2. The molecule has 8 nitrogen and oxygen atoms in total. The van der Waals surface area contributed by atoms with Crippen LogP contribution in [0.25, 0.3) is 5.69 Å². The summed E-state index contributed by atoms with van der Waals surface area (Å²) < 4.78 is 76.6. The molecule has 0 saturated heterocycles. The maximum Gasteiger partial charge on any atom is 0.435 e. The van der Waals surface area contributed by atoms with Crippen LogP contribution in [0.1, 0.15) is 21.7 Å². The number of nitrogens with one attached hydrogen (secondary N) is 1. The van der Waals surface area contributed by atoms with Crippen molar-refractivity contribution in [2.24, 2.45) is 5.14 Å². The van der Waals surface area contributed by atoms with Gasteiger partial charge in [-0.25, -0.2) is 22.6 Å². The van der Waals surface area contributed by atoms with E-state index in [9.17, 15) is 30.8 Å². The molecule has 13 heteroatoms. The second-order valence-corrected chi connectivity index (χ2v) is 7.61. The van der Waals surface area contributed by atoms with Crippen molar-refractivity contribution in [3.05, 3.63) is 71.3 Å². The predicted octanol–water partition coefficient (Wildman–Crippen LogP) is 2.00. The Hall–Kier alpha value is -3.32. The summed E-state index contributed by atoms with van der Waals surface area (Å²) in [5.74, 6) is -1.80. The molecule has 1 aromatic heterocycles. The highest BCUT2D eigenvalue weighted by Gasteiger charge is 2.42. The van der Waals surface area contributed by atoms with Crippen LogP contribution in [0.15, 0.2) is 53.4 Å². The zero-order valence-corrected chi connectivity index (χ0v) is 15.7. The van der Waals surface area contributed by atoms with E-state index in [-0.39, 0.29) is 17.1 Å². The number of alkyl halides is 3. The van der Waals surface area contributed by atoms with E-state index in [0.29, 0.717) is 10.2 Å². The Bertz CT molecular complexity index is 1170. The molecule has 0 bridgehead atoms. The van der Waals surface area contributed by atoms with Crippen molar-refractivity contribution in [1.82, 2.24) is 20.3 Å². The number of benzene rings is 2. The quantitative estimate of drug-likeness (QED) is 0.585. The van der Waals surface area contributed by atoms with Crippen molar-refractivity contribution in [2.75, 3.05) is 0 Å². The van der Waals surface area contributed by atoms with Gasteiger partial charge < -0.3 is 5.32 Å². The number of carbonyl (C=O) groups is 1. The van der Waals surface area contributed by atoms with Crippen molar-refractivity contribution in [2.45, 2.75) is 17.6 Å². The predicted molar refractivity (Wildman–Crippen MR) is 95.3 cm³/mol. The largest absolute Gasteiger partial charge is 0.435 e. The first-order valence-corrected chi connectivity index (χ1v) is 9.70. The zero-order chi connectivity index (χ0) is 22.1. The van der Waals surface area contributed by atoms with Gasteiger partial charge in [0.05, 0.1) is 10.6 Å². The van der Waals surface area contributed by atoms with Gasteiger partial charge in [-0.15, -0.1) is 5.10 Å². The lowest BCUT2D eigenvalue weighted by Crippen LogP contribution is -2.27. The van der Waals surface area contributed by atoms with Crippen molar-refractivity contribution in [3.8, 4) is 5.69 Å². The third kappa shape index (κ3) is 4.63. The molecule has 0 aliphatic carbocycles. The minimum Gasteiger partial charge on any atom is -0.346 e. The first-order valence-electron chi connectivity index (χ1n) is 8.15. The second-order valence-electron chi connectivity index (χ2n) is 6.04. The fourth-order valence-corrected chi connectivity index (χ4v) is 3.03. The van der Waals surface area contributed by atoms with Gasteiger partial charge in [-0.2, -0.15) is 13.2 Å². The average Bonchev–Trinajstić information content (AvgIpc) is 3.12. The standard InChI is InChI=1S/C17H13F4N5O3S/c18-11-3-5-12(6-4-11)26-15(17(19,20)21)14(24-25-26)16(27)23-9-10-1-7-13(8-2-10)30(22,28)29/h1-8H,9H2,(H,23,27)(H2,22,28,29). The maximum absolute atomic E-state index is 13.6. The van der Waals surface area contributed by atoms with Crippen LogP contribution in [-0.2, 0) is 22.7 Å². The molecule has 2 aromatic carbocycles. The molecule has 3 rings (SSSR count). The van der Waals surface area contributed by atoms with Crippen LogP contribution >= 0.6 is 0 Å². The third-order valence-corrected chi connectivity index (χ3v) is 4.86. The normalized spacial score (nSPS) is 12.0. The van der Waals surface area contributed by atoms with Gasteiger partial charge in [0, 0.05) is 6.54 Å². The molecule has 0 saturated carbocycles. The first kappa shape index (κ1) is 21.4. The molecule has 30 heavy (non-hydrogen) atoms. The molecule has 0 unspecified atom stereocenters. The molecule has 0 fully saturated rings. The summed E-state index contributed by atoms with van der Waals surface area (Å²) in [7, 11) is -3.90. The topological polar surface area (TPSA) is 120 Å². The van der Waals surface area contributed by atoms with Gasteiger partial charge in [0.15, 0.2) is 11.4 Å². The number of aromatic nitrogens is 3. The molecule has 158 valence electrons. The Morgan fingerprint density at radius 3 is 2.20 bits per heavy atom. The summed E-state index contributed by atoms with van der Waals surface area (Å²) in [6.45, 7) is -0.204. The van der Waals surface area contributed by atoms with E-state index in [1.807, 2.05) is 0 Å². The number of halogens is 4. The van der Waals surface area contributed by atoms with Crippen LogP contribution in [-0.4, -0.2) is 29.3 Å². The van der Waals surface area contributed by atoms with Crippen LogP contribution in [0.4, 0.5) is 17.6 Å². The Morgan fingerprint density at radius 2 is 1.67 bits per heavy atom. The third-order valence-electron chi connectivity index (χ3n) is 3.93. The SMILES string of the molecule is NS(=O)(=O)c1ccc(CNC(=O)c2nnn(-c3ccc(F)cc3)c2C(F)(F)F)cc1. The Kier molecular flexibility index (Phi) is 5.59. The monoisotopic (exact) mass is 443 g/mol. The number of nitrogens with two attached hydrogens (primary N) is 1. The highest BCUT2D eigenvalue weighted by atomic mass is 32.2.